The lowest BCUT2D eigenvalue weighted by Crippen LogP contribution is -2.15. The van der Waals surface area contributed by atoms with Crippen molar-refractivity contribution in [2.45, 2.75) is 45.6 Å². The summed E-state index contributed by atoms with van der Waals surface area (Å²) in [7, 11) is 0. The largest absolute Gasteiger partial charge is 0.459 e. The van der Waals surface area contributed by atoms with Crippen LogP contribution in [0.2, 0.25) is 5.15 Å². The van der Waals surface area contributed by atoms with E-state index < -0.39 is 11.8 Å². The van der Waals surface area contributed by atoms with Gasteiger partial charge >= 0.3 is 5.97 Å². The molecular formula is C18H18ClFN2O3. The molecule has 7 heteroatoms. The molecule has 1 aromatic carbocycles. The van der Waals surface area contributed by atoms with Crippen molar-refractivity contribution in [2.75, 3.05) is 0 Å². The van der Waals surface area contributed by atoms with Crippen LogP contribution in [0.3, 0.4) is 0 Å². The van der Waals surface area contributed by atoms with Gasteiger partial charge in [-0.15, -0.1) is 10.2 Å². The van der Waals surface area contributed by atoms with Crippen LogP contribution in [-0.4, -0.2) is 22.3 Å². The molecule has 1 aliphatic rings. The SMILES string of the molecule is Cc1c(Cl)nnc(Oc2cccc(C3CC3)c2F)c1C(=O)OC(C)C. The quantitative estimate of drug-likeness (QED) is 0.712. The summed E-state index contributed by atoms with van der Waals surface area (Å²) in [5, 5.41) is 7.64. The number of benzene rings is 1. The van der Waals surface area contributed by atoms with Gasteiger partial charge in [0.15, 0.2) is 16.7 Å². The third-order valence-corrected chi connectivity index (χ3v) is 4.25. The maximum Gasteiger partial charge on any atom is 0.344 e. The van der Waals surface area contributed by atoms with Crippen molar-refractivity contribution in [2.24, 2.45) is 0 Å². The molecule has 0 atom stereocenters. The van der Waals surface area contributed by atoms with Crippen molar-refractivity contribution in [3.05, 3.63) is 45.9 Å². The van der Waals surface area contributed by atoms with Gasteiger partial charge in [0.2, 0.25) is 0 Å². The third kappa shape index (κ3) is 3.74. The summed E-state index contributed by atoms with van der Waals surface area (Å²) < 4.78 is 25.5. The van der Waals surface area contributed by atoms with Gasteiger partial charge in [0, 0.05) is 5.56 Å². The maximum atomic E-state index is 14.7. The van der Waals surface area contributed by atoms with Crippen molar-refractivity contribution in [1.82, 2.24) is 10.2 Å². The molecule has 0 radical (unpaired) electrons. The van der Waals surface area contributed by atoms with E-state index in [2.05, 4.69) is 10.2 Å². The first-order valence-corrected chi connectivity index (χ1v) is 8.46. The molecule has 0 N–H and O–H groups in total. The molecule has 1 aliphatic carbocycles. The second-order valence-electron chi connectivity index (χ2n) is 6.29. The van der Waals surface area contributed by atoms with E-state index in [0.29, 0.717) is 11.1 Å². The van der Waals surface area contributed by atoms with E-state index in [9.17, 15) is 9.18 Å². The van der Waals surface area contributed by atoms with Gasteiger partial charge in [-0.05, 0) is 51.2 Å². The summed E-state index contributed by atoms with van der Waals surface area (Å²) in [6, 6.07) is 4.95. The first kappa shape index (κ1) is 17.6. The van der Waals surface area contributed by atoms with Crippen LogP contribution in [0.15, 0.2) is 18.2 Å². The Balaban J connectivity index is 1.99. The normalized spacial score (nSPS) is 13.8. The van der Waals surface area contributed by atoms with Gasteiger partial charge in [0.25, 0.3) is 5.88 Å². The second-order valence-corrected chi connectivity index (χ2v) is 6.64. The van der Waals surface area contributed by atoms with Crippen molar-refractivity contribution in [3.63, 3.8) is 0 Å². The minimum Gasteiger partial charge on any atom is -0.459 e. The Labute approximate surface area is 150 Å². The Kier molecular flexibility index (Phi) is 4.90. The predicted molar refractivity (Wildman–Crippen MR) is 90.8 cm³/mol. The average Bonchev–Trinajstić information content (AvgIpc) is 3.37. The fourth-order valence-electron chi connectivity index (χ4n) is 2.48. The number of esters is 1. The molecular weight excluding hydrogens is 347 g/mol. The highest BCUT2D eigenvalue weighted by Gasteiger charge is 2.29. The molecule has 0 bridgehead atoms. The number of aromatic nitrogens is 2. The Morgan fingerprint density at radius 3 is 2.68 bits per heavy atom. The number of hydrogen-bond donors (Lipinski definition) is 0. The molecule has 1 heterocycles. The van der Waals surface area contributed by atoms with Crippen LogP contribution in [0, 0.1) is 12.7 Å². The molecule has 3 rings (SSSR count). The Morgan fingerprint density at radius 1 is 1.32 bits per heavy atom. The Hall–Kier alpha value is -2.21. The fraction of sp³-hybridized carbons (Fsp3) is 0.389. The van der Waals surface area contributed by atoms with Crippen LogP contribution in [-0.2, 0) is 4.74 Å². The summed E-state index contributed by atoms with van der Waals surface area (Å²) in [5.74, 6) is -0.981. The molecule has 0 spiro atoms. The molecule has 0 aliphatic heterocycles. The van der Waals surface area contributed by atoms with E-state index in [4.69, 9.17) is 21.1 Å². The first-order valence-electron chi connectivity index (χ1n) is 8.08. The minimum absolute atomic E-state index is 0.000908. The number of hydrogen-bond acceptors (Lipinski definition) is 5. The zero-order valence-electron chi connectivity index (χ0n) is 14.2. The molecule has 0 unspecified atom stereocenters. The number of halogens is 2. The lowest BCUT2D eigenvalue weighted by molar-refractivity contribution is 0.0373. The van der Waals surface area contributed by atoms with Gasteiger partial charge in [-0.1, -0.05) is 23.7 Å². The number of nitrogens with zero attached hydrogens (tertiary/aromatic N) is 2. The topological polar surface area (TPSA) is 61.3 Å². The number of rotatable bonds is 5. The molecule has 25 heavy (non-hydrogen) atoms. The van der Waals surface area contributed by atoms with E-state index in [1.807, 2.05) is 0 Å². The van der Waals surface area contributed by atoms with Gasteiger partial charge in [0.05, 0.1) is 6.10 Å². The van der Waals surface area contributed by atoms with Gasteiger partial charge in [-0.25, -0.2) is 9.18 Å². The number of ether oxygens (including phenoxy) is 2. The zero-order chi connectivity index (χ0) is 18.1. The Bertz CT molecular complexity index is 822. The molecule has 2 aromatic rings. The van der Waals surface area contributed by atoms with Crippen LogP contribution in [0.1, 0.15) is 54.1 Å². The lowest BCUT2D eigenvalue weighted by atomic mass is 10.1. The van der Waals surface area contributed by atoms with Gasteiger partial charge < -0.3 is 9.47 Å². The maximum absolute atomic E-state index is 14.7. The standard InChI is InChI=1S/C18H18ClFN2O3/c1-9(2)24-18(23)14-10(3)16(19)21-22-17(14)25-13-6-4-5-12(15(13)20)11-7-8-11/h4-6,9,11H,7-8H2,1-3H3. The minimum atomic E-state index is -0.641. The Morgan fingerprint density at radius 2 is 2.04 bits per heavy atom. The second kappa shape index (κ2) is 6.96. The smallest absolute Gasteiger partial charge is 0.344 e. The summed E-state index contributed by atoms with van der Waals surface area (Å²) in [6.45, 7) is 5.06. The van der Waals surface area contributed by atoms with Crippen LogP contribution < -0.4 is 4.74 Å². The average molecular weight is 365 g/mol. The van der Waals surface area contributed by atoms with Crippen LogP contribution in [0.25, 0.3) is 0 Å². The molecule has 5 nitrogen and oxygen atoms in total. The highest BCUT2D eigenvalue weighted by atomic mass is 35.5. The molecule has 0 amide bonds. The third-order valence-electron chi connectivity index (χ3n) is 3.89. The van der Waals surface area contributed by atoms with E-state index in [1.54, 1.807) is 32.9 Å². The van der Waals surface area contributed by atoms with Crippen molar-refractivity contribution in [3.8, 4) is 11.6 Å². The zero-order valence-corrected chi connectivity index (χ0v) is 14.9. The summed E-state index contributed by atoms with van der Waals surface area (Å²) in [6.07, 6.45) is 1.60. The summed E-state index contributed by atoms with van der Waals surface area (Å²) in [4.78, 5) is 12.4. The van der Waals surface area contributed by atoms with E-state index >= 15 is 0 Å². The monoisotopic (exact) mass is 364 g/mol. The van der Waals surface area contributed by atoms with Crippen molar-refractivity contribution < 1.29 is 18.7 Å². The van der Waals surface area contributed by atoms with Crippen molar-refractivity contribution >= 4 is 17.6 Å². The fourth-order valence-corrected chi connectivity index (χ4v) is 2.62. The predicted octanol–water partition coefficient (Wildman–Crippen LogP) is 4.81. The van der Waals surface area contributed by atoms with Crippen LogP contribution in [0.5, 0.6) is 11.6 Å². The lowest BCUT2D eigenvalue weighted by Gasteiger charge is -2.14. The van der Waals surface area contributed by atoms with Gasteiger partial charge in [0.1, 0.15) is 5.56 Å². The highest BCUT2D eigenvalue weighted by molar-refractivity contribution is 6.30. The highest BCUT2D eigenvalue weighted by Crippen LogP contribution is 2.43. The van der Waals surface area contributed by atoms with Crippen LogP contribution in [0.4, 0.5) is 4.39 Å². The number of carbonyl (C=O) groups excluding carboxylic acids is 1. The van der Waals surface area contributed by atoms with Gasteiger partial charge in [-0.3, -0.25) is 0 Å². The van der Waals surface area contributed by atoms with Gasteiger partial charge in [-0.2, -0.15) is 0 Å². The van der Waals surface area contributed by atoms with E-state index in [1.165, 1.54) is 6.07 Å². The summed E-state index contributed by atoms with van der Waals surface area (Å²) >= 11 is 5.96. The first-order chi connectivity index (χ1) is 11.9. The van der Waals surface area contributed by atoms with Crippen molar-refractivity contribution in [1.29, 1.82) is 0 Å². The number of carbonyl (C=O) groups is 1. The summed E-state index contributed by atoms with van der Waals surface area (Å²) in [5.41, 5.74) is 1.03. The molecule has 1 aromatic heterocycles. The van der Waals surface area contributed by atoms with E-state index in [0.717, 1.165) is 12.8 Å². The molecule has 1 fully saturated rings. The van der Waals surface area contributed by atoms with Crippen LogP contribution >= 0.6 is 11.6 Å². The van der Waals surface area contributed by atoms with E-state index in [-0.39, 0.29) is 34.4 Å². The molecule has 1 saturated carbocycles. The molecule has 132 valence electrons. The molecule has 0 saturated heterocycles.